The van der Waals surface area contributed by atoms with Gasteiger partial charge >= 0.3 is 6.55 Å². The lowest BCUT2D eigenvalue weighted by Gasteiger charge is -2.28. The smallest absolute Gasteiger partial charge is 0.333 e. The molecule has 2 N–H and O–H groups in total. The van der Waals surface area contributed by atoms with Crippen molar-refractivity contribution in [3.63, 3.8) is 0 Å². The Bertz CT molecular complexity index is 680. The van der Waals surface area contributed by atoms with E-state index in [1.54, 1.807) is 18.2 Å². The lowest BCUT2D eigenvalue weighted by Crippen LogP contribution is -2.36. The molecule has 0 aliphatic carbocycles. The molecule has 2 aromatic rings. The first-order valence-electron chi connectivity index (χ1n) is 6.51. The molecule has 8 heteroatoms. The zero-order valence-electron chi connectivity index (χ0n) is 11.1. The summed E-state index contributed by atoms with van der Waals surface area (Å²) in [5.74, 6) is -0.821. The monoisotopic (exact) mass is 296 g/mol. The number of hydrogen-bond donors (Lipinski definition) is 1. The second-order valence-corrected chi connectivity index (χ2v) is 4.74. The maximum absolute atomic E-state index is 13.1. The summed E-state index contributed by atoms with van der Waals surface area (Å²) in [7, 11) is 0. The standard InChI is InChI=1S/C13H14F2N4O2/c14-13(15)19-10-7-8(18-3-5-21-6-4-18)1-2-9(10)11(17-19)12(16)20/h1-2,7,13H,3-6H2,(H2,16,20). The van der Waals surface area contributed by atoms with Crippen LogP contribution in [0.2, 0.25) is 0 Å². The number of primary amides is 1. The molecule has 1 fully saturated rings. The number of fused-ring (bicyclic) bond motifs is 1. The topological polar surface area (TPSA) is 73.4 Å². The van der Waals surface area contributed by atoms with Gasteiger partial charge in [0, 0.05) is 24.2 Å². The van der Waals surface area contributed by atoms with Crippen LogP contribution in [0.4, 0.5) is 14.5 Å². The van der Waals surface area contributed by atoms with E-state index in [9.17, 15) is 13.6 Å². The normalized spacial score (nSPS) is 15.9. The number of hydrogen-bond acceptors (Lipinski definition) is 4. The summed E-state index contributed by atoms with van der Waals surface area (Å²) in [5.41, 5.74) is 6.04. The zero-order valence-corrected chi connectivity index (χ0v) is 11.1. The fourth-order valence-corrected chi connectivity index (χ4v) is 2.47. The molecular weight excluding hydrogens is 282 g/mol. The molecule has 1 aliphatic rings. The van der Waals surface area contributed by atoms with Gasteiger partial charge in [0.2, 0.25) is 0 Å². The van der Waals surface area contributed by atoms with Crippen LogP contribution in [0.3, 0.4) is 0 Å². The molecule has 0 bridgehead atoms. The van der Waals surface area contributed by atoms with E-state index in [4.69, 9.17) is 10.5 Å². The highest BCUT2D eigenvalue weighted by Gasteiger charge is 2.21. The van der Waals surface area contributed by atoms with E-state index < -0.39 is 12.5 Å². The number of benzene rings is 1. The minimum absolute atomic E-state index is 0.140. The first kappa shape index (κ1) is 13.7. The minimum atomic E-state index is -2.83. The second kappa shape index (κ2) is 5.28. The number of alkyl halides is 2. The van der Waals surface area contributed by atoms with Gasteiger partial charge in [0.25, 0.3) is 5.91 Å². The van der Waals surface area contributed by atoms with E-state index in [0.717, 1.165) is 5.69 Å². The Kier molecular flexibility index (Phi) is 3.46. The summed E-state index contributed by atoms with van der Waals surface area (Å²) in [6.45, 7) is -0.258. The third kappa shape index (κ3) is 2.42. The summed E-state index contributed by atoms with van der Waals surface area (Å²) < 4.78 is 31.9. The van der Waals surface area contributed by atoms with Gasteiger partial charge in [0.05, 0.1) is 18.7 Å². The van der Waals surface area contributed by atoms with E-state index in [1.807, 2.05) is 4.90 Å². The van der Waals surface area contributed by atoms with Gasteiger partial charge in [-0.2, -0.15) is 13.9 Å². The van der Waals surface area contributed by atoms with Gasteiger partial charge in [0.1, 0.15) is 0 Å². The number of nitrogens with zero attached hydrogens (tertiary/aromatic N) is 3. The highest BCUT2D eigenvalue weighted by atomic mass is 19.3. The summed E-state index contributed by atoms with van der Waals surface area (Å²) in [6.07, 6.45) is 0. The molecule has 0 unspecified atom stereocenters. The van der Waals surface area contributed by atoms with Crippen LogP contribution >= 0.6 is 0 Å². The molecule has 0 radical (unpaired) electrons. The Morgan fingerprint density at radius 1 is 1.33 bits per heavy atom. The van der Waals surface area contributed by atoms with Crippen LogP contribution in [-0.4, -0.2) is 42.0 Å². The van der Waals surface area contributed by atoms with Gasteiger partial charge in [-0.25, -0.2) is 4.68 Å². The van der Waals surface area contributed by atoms with Crippen LogP contribution in [0.25, 0.3) is 10.9 Å². The molecule has 1 saturated heterocycles. The number of nitrogens with two attached hydrogens (primary N) is 1. The summed E-state index contributed by atoms with van der Waals surface area (Å²) in [5, 5.41) is 3.96. The largest absolute Gasteiger partial charge is 0.378 e. The molecule has 1 aliphatic heterocycles. The number of anilines is 1. The Hall–Kier alpha value is -2.22. The van der Waals surface area contributed by atoms with Crippen molar-refractivity contribution in [3.05, 3.63) is 23.9 Å². The molecular formula is C13H14F2N4O2. The van der Waals surface area contributed by atoms with Crippen molar-refractivity contribution in [2.75, 3.05) is 31.2 Å². The average molecular weight is 296 g/mol. The first-order valence-corrected chi connectivity index (χ1v) is 6.51. The van der Waals surface area contributed by atoms with Crippen molar-refractivity contribution in [1.29, 1.82) is 0 Å². The summed E-state index contributed by atoms with van der Waals surface area (Å²) in [4.78, 5) is 13.3. The van der Waals surface area contributed by atoms with E-state index in [0.29, 0.717) is 36.4 Å². The predicted molar refractivity (Wildman–Crippen MR) is 72.5 cm³/mol. The molecule has 2 heterocycles. The average Bonchev–Trinajstić information content (AvgIpc) is 2.87. The Morgan fingerprint density at radius 3 is 2.67 bits per heavy atom. The predicted octanol–water partition coefficient (Wildman–Crippen LogP) is 1.37. The minimum Gasteiger partial charge on any atom is -0.378 e. The fourth-order valence-electron chi connectivity index (χ4n) is 2.47. The van der Waals surface area contributed by atoms with Crippen LogP contribution in [0.15, 0.2) is 18.2 Å². The third-order valence-corrected chi connectivity index (χ3v) is 3.49. The molecule has 21 heavy (non-hydrogen) atoms. The van der Waals surface area contributed by atoms with Crippen molar-refractivity contribution in [2.24, 2.45) is 5.73 Å². The van der Waals surface area contributed by atoms with Crippen molar-refractivity contribution >= 4 is 22.5 Å². The van der Waals surface area contributed by atoms with Gasteiger partial charge in [-0.3, -0.25) is 4.79 Å². The maximum atomic E-state index is 13.1. The molecule has 112 valence electrons. The van der Waals surface area contributed by atoms with Crippen molar-refractivity contribution in [1.82, 2.24) is 9.78 Å². The molecule has 1 aromatic carbocycles. The first-order chi connectivity index (χ1) is 10.1. The molecule has 3 rings (SSSR count). The summed E-state index contributed by atoms with van der Waals surface area (Å²) in [6, 6.07) is 4.98. The number of rotatable bonds is 3. The van der Waals surface area contributed by atoms with Crippen molar-refractivity contribution < 1.29 is 18.3 Å². The maximum Gasteiger partial charge on any atom is 0.333 e. The lowest BCUT2D eigenvalue weighted by atomic mass is 10.1. The number of carbonyl (C=O) groups excluding carboxylic acids is 1. The van der Waals surface area contributed by atoms with Gasteiger partial charge in [-0.1, -0.05) is 0 Å². The van der Waals surface area contributed by atoms with Crippen molar-refractivity contribution in [3.8, 4) is 0 Å². The quantitative estimate of drug-likeness (QED) is 0.928. The molecule has 0 spiro atoms. The Morgan fingerprint density at radius 2 is 2.05 bits per heavy atom. The number of morpholine rings is 1. The number of aromatic nitrogens is 2. The second-order valence-electron chi connectivity index (χ2n) is 4.74. The van der Waals surface area contributed by atoms with Crippen LogP contribution in [-0.2, 0) is 4.74 Å². The Balaban J connectivity index is 2.11. The van der Waals surface area contributed by atoms with Crippen LogP contribution in [0.5, 0.6) is 0 Å². The van der Waals surface area contributed by atoms with Crippen LogP contribution in [0, 0.1) is 0 Å². The van der Waals surface area contributed by atoms with E-state index >= 15 is 0 Å². The highest BCUT2D eigenvalue weighted by molar-refractivity contribution is 6.04. The van der Waals surface area contributed by atoms with Gasteiger partial charge in [-0.05, 0) is 18.2 Å². The number of ether oxygens (including phenoxy) is 1. The summed E-state index contributed by atoms with van der Waals surface area (Å²) >= 11 is 0. The number of halogens is 2. The van der Waals surface area contributed by atoms with E-state index in [1.165, 1.54) is 0 Å². The van der Waals surface area contributed by atoms with E-state index in [2.05, 4.69) is 5.10 Å². The lowest BCUT2D eigenvalue weighted by molar-refractivity contribution is 0.0609. The Labute approximate surface area is 119 Å². The molecule has 0 saturated carbocycles. The number of amides is 1. The molecule has 6 nitrogen and oxygen atoms in total. The molecule has 0 atom stereocenters. The fraction of sp³-hybridized carbons (Fsp3) is 0.385. The van der Waals surface area contributed by atoms with E-state index in [-0.39, 0.29) is 11.2 Å². The zero-order chi connectivity index (χ0) is 15.0. The molecule has 1 aromatic heterocycles. The molecule has 1 amide bonds. The number of carbonyl (C=O) groups is 1. The highest BCUT2D eigenvalue weighted by Crippen LogP contribution is 2.28. The van der Waals surface area contributed by atoms with Gasteiger partial charge in [0.15, 0.2) is 5.69 Å². The van der Waals surface area contributed by atoms with Crippen LogP contribution in [0.1, 0.15) is 17.0 Å². The SMILES string of the molecule is NC(=O)c1nn(C(F)F)c2cc(N3CCOCC3)ccc12. The van der Waals surface area contributed by atoms with Gasteiger partial charge in [-0.15, -0.1) is 0 Å². The van der Waals surface area contributed by atoms with Gasteiger partial charge < -0.3 is 15.4 Å². The van der Waals surface area contributed by atoms with Crippen LogP contribution < -0.4 is 10.6 Å². The van der Waals surface area contributed by atoms with Crippen molar-refractivity contribution in [2.45, 2.75) is 6.55 Å². The third-order valence-electron chi connectivity index (χ3n) is 3.49.